The predicted molar refractivity (Wildman–Crippen MR) is 184 cm³/mol. The van der Waals surface area contributed by atoms with Gasteiger partial charge in [-0.05, 0) is 81.5 Å². The van der Waals surface area contributed by atoms with Gasteiger partial charge in [-0.3, -0.25) is 28.8 Å². The average molecular weight is 687 g/mol. The van der Waals surface area contributed by atoms with Crippen LogP contribution in [0.15, 0.2) is 36.4 Å². The van der Waals surface area contributed by atoms with E-state index in [1.165, 1.54) is 12.1 Å². The summed E-state index contributed by atoms with van der Waals surface area (Å²) in [4.78, 5) is 79.2. The first-order valence-electron chi connectivity index (χ1n) is 17.1. The number of carboxylic acids is 1. The molecule has 272 valence electrons. The summed E-state index contributed by atoms with van der Waals surface area (Å²) in [5.41, 5.74) is 12.3. The van der Waals surface area contributed by atoms with Crippen molar-refractivity contribution in [3.63, 3.8) is 0 Å². The molecule has 0 unspecified atom stereocenters. The van der Waals surface area contributed by atoms with E-state index in [9.17, 15) is 39.0 Å². The van der Waals surface area contributed by atoms with Gasteiger partial charge in [-0.1, -0.05) is 51.5 Å². The molecular weight excluding hydrogens is 632 g/mol. The molecule has 1 aliphatic rings. The number of aromatic hydroxyl groups is 1. The third kappa shape index (κ3) is 14.4. The Morgan fingerprint density at radius 1 is 0.918 bits per heavy atom. The molecule has 0 fully saturated rings. The van der Waals surface area contributed by atoms with Gasteiger partial charge in [0.1, 0.15) is 23.9 Å². The first-order valence-corrected chi connectivity index (χ1v) is 17.1. The smallest absolute Gasteiger partial charge is 0.306 e. The van der Waals surface area contributed by atoms with Crippen LogP contribution in [0.5, 0.6) is 5.75 Å². The number of aliphatic carboxylic acids is 1. The van der Waals surface area contributed by atoms with Crippen LogP contribution in [-0.2, 0) is 35.2 Å². The van der Waals surface area contributed by atoms with E-state index in [-0.39, 0.29) is 50.2 Å². The Bertz CT molecular complexity index is 1300. The molecule has 0 aromatic heterocycles. The molecule has 0 bridgehead atoms. The Kier molecular flexibility index (Phi) is 17.5. The standard InChI is InChI=1S/C35H54N6O8/c1-4-9-26-32(45)40-28(11-6-5-10-25(37)31(44)38-27(33(46)39-26)12-7-8-17-36)34(47)41-29(19-22-13-15-24(42)16-14-22)30(43)20-23(35(48)49)18-21(2)3/h5-6,13-16,21,23,25-29,42H,4,7-12,17-20,36-37H2,1-3H3,(H,38,44)(H,39,46)(H,40,45)(H,41,47)(H,48,49)/t23-,25+,26+,27+,28+,29+/m1/s1. The molecule has 10 N–H and O–H groups in total. The Morgan fingerprint density at radius 3 is 2.14 bits per heavy atom. The lowest BCUT2D eigenvalue weighted by molar-refractivity contribution is -0.144. The molecule has 1 aliphatic heterocycles. The number of hydrogen-bond acceptors (Lipinski definition) is 9. The third-order valence-electron chi connectivity index (χ3n) is 8.32. The van der Waals surface area contributed by atoms with Gasteiger partial charge in [0.25, 0.3) is 0 Å². The summed E-state index contributed by atoms with van der Waals surface area (Å²) >= 11 is 0. The van der Waals surface area contributed by atoms with Gasteiger partial charge in [0.15, 0.2) is 5.78 Å². The lowest BCUT2D eigenvalue weighted by Crippen LogP contribution is -2.58. The van der Waals surface area contributed by atoms with Crippen molar-refractivity contribution in [3.05, 3.63) is 42.0 Å². The molecule has 4 amide bonds. The zero-order valence-corrected chi connectivity index (χ0v) is 28.8. The second-order valence-electron chi connectivity index (χ2n) is 13.1. The van der Waals surface area contributed by atoms with Gasteiger partial charge >= 0.3 is 5.97 Å². The zero-order chi connectivity index (χ0) is 36.5. The summed E-state index contributed by atoms with van der Waals surface area (Å²) < 4.78 is 0. The van der Waals surface area contributed by atoms with Crippen LogP contribution >= 0.6 is 0 Å². The van der Waals surface area contributed by atoms with E-state index in [0.29, 0.717) is 37.8 Å². The van der Waals surface area contributed by atoms with E-state index >= 15 is 0 Å². The Labute approximate surface area is 288 Å². The minimum absolute atomic E-state index is 0.0133. The first-order chi connectivity index (χ1) is 23.2. The molecular formula is C35H54N6O8. The number of nitrogens with one attached hydrogen (secondary N) is 4. The number of Topliss-reactive ketones (excluding diaryl/α,β-unsaturated/α-hetero) is 1. The summed E-state index contributed by atoms with van der Waals surface area (Å²) in [7, 11) is 0. The highest BCUT2D eigenvalue weighted by atomic mass is 16.4. The number of carbonyl (C=O) groups excluding carboxylic acids is 5. The molecule has 0 saturated carbocycles. The molecule has 14 nitrogen and oxygen atoms in total. The Hall–Kier alpha value is -4.30. The number of ketones is 1. The van der Waals surface area contributed by atoms with Gasteiger partial charge < -0.3 is 42.9 Å². The van der Waals surface area contributed by atoms with Gasteiger partial charge in [0, 0.05) is 6.42 Å². The van der Waals surface area contributed by atoms with Gasteiger partial charge in [-0.15, -0.1) is 0 Å². The normalized spacial score (nSPS) is 21.9. The maximum atomic E-state index is 13.8. The molecule has 14 heteroatoms. The Balaban J connectivity index is 2.40. The molecule has 6 atom stereocenters. The number of hydrogen-bond donors (Lipinski definition) is 8. The molecule has 49 heavy (non-hydrogen) atoms. The van der Waals surface area contributed by atoms with Crippen molar-refractivity contribution in [1.82, 2.24) is 21.3 Å². The molecule has 0 aliphatic carbocycles. The highest BCUT2D eigenvalue weighted by molar-refractivity contribution is 5.96. The molecule has 1 aromatic rings. The van der Waals surface area contributed by atoms with Crippen LogP contribution < -0.4 is 32.7 Å². The summed E-state index contributed by atoms with van der Waals surface area (Å²) in [6.45, 7) is 5.96. The van der Waals surface area contributed by atoms with Gasteiger partial charge in [-0.25, -0.2) is 0 Å². The summed E-state index contributed by atoms with van der Waals surface area (Å²) in [6.07, 6.45) is 5.51. The summed E-state index contributed by atoms with van der Waals surface area (Å²) in [6, 6.07) is 0.801. The molecule has 2 rings (SSSR count). The van der Waals surface area contributed by atoms with E-state index < -0.39 is 71.5 Å². The number of benzene rings is 1. The number of unbranched alkanes of at least 4 members (excludes halogenated alkanes) is 1. The average Bonchev–Trinajstić information content (AvgIpc) is 3.04. The quantitative estimate of drug-likeness (QED) is 0.0912. The third-order valence-corrected chi connectivity index (χ3v) is 8.32. The van der Waals surface area contributed by atoms with E-state index in [2.05, 4.69) is 21.3 Å². The highest BCUT2D eigenvalue weighted by Crippen LogP contribution is 2.19. The first kappa shape index (κ1) is 40.9. The number of carboxylic acid groups (broad SMARTS) is 1. The summed E-state index contributed by atoms with van der Waals surface area (Å²) in [5.74, 6) is -4.94. The Morgan fingerprint density at radius 2 is 1.53 bits per heavy atom. The molecule has 1 heterocycles. The fraction of sp³-hybridized carbons (Fsp3) is 0.600. The van der Waals surface area contributed by atoms with Crippen LogP contribution in [0.1, 0.15) is 84.1 Å². The second-order valence-corrected chi connectivity index (χ2v) is 13.1. The zero-order valence-electron chi connectivity index (χ0n) is 28.8. The van der Waals surface area contributed by atoms with E-state index in [1.807, 2.05) is 20.8 Å². The van der Waals surface area contributed by atoms with Crippen LogP contribution in [0.2, 0.25) is 0 Å². The highest BCUT2D eigenvalue weighted by Gasteiger charge is 2.33. The maximum Gasteiger partial charge on any atom is 0.306 e. The molecule has 0 saturated heterocycles. The minimum atomic E-state index is -1.19. The van der Waals surface area contributed by atoms with Crippen LogP contribution in [-0.4, -0.2) is 82.3 Å². The fourth-order valence-electron chi connectivity index (χ4n) is 5.57. The largest absolute Gasteiger partial charge is 0.508 e. The number of rotatable bonds is 16. The number of carbonyl (C=O) groups is 6. The minimum Gasteiger partial charge on any atom is -0.508 e. The SMILES string of the molecule is CCC[C@@H]1NC(=O)[C@H](CCCCN)NC(=O)[C@@H](N)CC=CC[C@@H](C(=O)N[C@@H](Cc2ccc(O)cc2)C(=O)C[C@@H](CC(C)C)C(=O)O)NC1=O. The van der Waals surface area contributed by atoms with E-state index in [0.717, 1.165) is 0 Å². The van der Waals surface area contributed by atoms with Crippen LogP contribution in [0, 0.1) is 11.8 Å². The lowest BCUT2D eigenvalue weighted by Gasteiger charge is -2.27. The molecule has 1 aromatic carbocycles. The van der Waals surface area contributed by atoms with Crippen molar-refractivity contribution in [2.75, 3.05) is 6.54 Å². The van der Waals surface area contributed by atoms with Gasteiger partial charge in [0.2, 0.25) is 23.6 Å². The van der Waals surface area contributed by atoms with E-state index in [1.54, 1.807) is 24.3 Å². The summed E-state index contributed by atoms with van der Waals surface area (Å²) in [5, 5.41) is 30.4. The lowest BCUT2D eigenvalue weighted by atomic mass is 9.89. The topological polar surface area (TPSA) is 243 Å². The van der Waals surface area contributed by atoms with Crippen molar-refractivity contribution in [2.24, 2.45) is 23.3 Å². The van der Waals surface area contributed by atoms with Crippen molar-refractivity contribution in [2.45, 2.75) is 115 Å². The van der Waals surface area contributed by atoms with Crippen molar-refractivity contribution >= 4 is 35.4 Å². The second kappa shape index (κ2) is 20.9. The van der Waals surface area contributed by atoms with E-state index in [4.69, 9.17) is 11.5 Å². The number of phenols is 1. The van der Waals surface area contributed by atoms with Crippen LogP contribution in [0.3, 0.4) is 0 Å². The number of nitrogens with two attached hydrogens (primary N) is 2. The number of phenolic OH excluding ortho intramolecular Hbond substituents is 1. The molecule has 0 spiro atoms. The monoisotopic (exact) mass is 686 g/mol. The fourth-order valence-corrected chi connectivity index (χ4v) is 5.57. The van der Waals surface area contributed by atoms with Crippen LogP contribution in [0.25, 0.3) is 0 Å². The van der Waals surface area contributed by atoms with Gasteiger partial charge in [-0.2, -0.15) is 0 Å². The number of amides is 4. The van der Waals surface area contributed by atoms with Gasteiger partial charge in [0.05, 0.1) is 18.0 Å². The predicted octanol–water partition coefficient (Wildman–Crippen LogP) is 1.19. The maximum absolute atomic E-state index is 13.8. The van der Waals surface area contributed by atoms with Crippen molar-refractivity contribution in [1.29, 1.82) is 0 Å². The molecule has 0 radical (unpaired) electrons. The van der Waals surface area contributed by atoms with Crippen molar-refractivity contribution in [3.8, 4) is 5.75 Å². The van der Waals surface area contributed by atoms with Crippen LogP contribution in [0.4, 0.5) is 0 Å². The van der Waals surface area contributed by atoms with Crippen molar-refractivity contribution < 1.29 is 39.0 Å².